The van der Waals surface area contributed by atoms with Crippen molar-refractivity contribution in [2.75, 3.05) is 6.54 Å². The molecule has 1 atom stereocenters. The fraction of sp³-hybridized carbons (Fsp3) is 0.583. The number of rotatable bonds is 6. The summed E-state index contributed by atoms with van der Waals surface area (Å²) in [6, 6.07) is 0. The van der Waals surface area contributed by atoms with E-state index >= 15 is 0 Å². The first-order chi connectivity index (χ1) is 8.63. The van der Waals surface area contributed by atoms with Crippen molar-refractivity contribution in [3.05, 3.63) is 18.5 Å². The molecule has 1 saturated carbocycles. The van der Waals surface area contributed by atoms with Crippen molar-refractivity contribution >= 4 is 17.7 Å². The minimum absolute atomic E-state index is 0.00382. The zero-order valence-corrected chi connectivity index (χ0v) is 11.5. The largest absolute Gasteiger partial charge is 0.352 e. The van der Waals surface area contributed by atoms with Crippen LogP contribution < -0.4 is 5.32 Å². The molecule has 98 valence electrons. The molecule has 1 amide bonds. The van der Waals surface area contributed by atoms with Crippen LogP contribution in [0.25, 0.3) is 0 Å². The first-order valence-electron chi connectivity index (χ1n) is 6.08. The van der Waals surface area contributed by atoms with Crippen LogP contribution in [0.5, 0.6) is 0 Å². The molecule has 1 aliphatic carbocycles. The average Bonchev–Trinajstić information content (AvgIpc) is 3.13. The third-order valence-electron chi connectivity index (χ3n) is 2.88. The summed E-state index contributed by atoms with van der Waals surface area (Å²) in [4.78, 5) is 11.7. The van der Waals surface area contributed by atoms with E-state index < -0.39 is 0 Å². The van der Waals surface area contributed by atoms with Gasteiger partial charge in [-0.1, -0.05) is 17.8 Å². The molecule has 1 aliphatic rings. The van der Waals surface area contributed by atoms with Gasteiger partial charge in [-0.05, 0) is 19.8 Å². The predicted octanol–water partition coefficient (Wildman–Crippen LogP) is 1.48. The smallest absolute Gasteiger partial charge is 0.233 e. The lowest BCUT2D eigenvalue weighted by Crippen LogP contribution is -2.31. The van der Waals surface area contributed by atoms with Gasteiger partial charge in [-0.3, -0.25) is 4.79 Å². The van der Waals surface area contributed by atoms with Crippen molar-refractivity contribution in [2.24, 2.45) is 7.05 Å². The van der Waals surface area contributed by atoms with Crippen LogP contribution in [0.4, 0.5) is 0 Å². The molecule has 6 heteroatoms. The number of amides is 1. The summed E-state index contributed by atoms with van der Waals surface area (Å²) in [6.07, 6.45) is 4.07. The van der Waals surface area contributed by atoms with Gasteiger partial charge in [-0.2, -0.15) is 0 Å². The summed E-state index contributed by atoms with van der Waals surface area (Å²) in [5.41, 5.74) is 0. The second-order valence-electron chi connectivity index (χ2n) is 4.47. The van der Waals surface area contributed by atoms with Crippen LogP contribution in [0.1, 0.15) is 31.5 Å². The number of nitrogens with zero attached hydrogens (tertiary/aromatic N) is 3. The molecule has 18 heavy (non-hydrogen) atoms. The summed E-state index contributed by atoms with van der Waals surface area (Å²) in [7, 11) is 1.96. The lowest BCUT2D eigenvalue weighted by atomic mass is 10.4. The first-order valence-corrected chi connectivity index (χ1v) is 6.96. The van der Waals surface area contributed by atoms with Gasteiger partial charge >= 0.3 is 0 Å². The molecule has 0 saturated heterocycles. The first kappa shape index (κ1) is 13.1. The van der Waals surface area contributed by atoms with Crippen LogP contribution >= 0.6 is 11.8 Å². The van der Waals surface area contributed by atoms with E-state index in [2.05, 4.69) is 22.1 Å². The quantitative estimate of drug-likeness (QED) is 0.626. The Morgan fingerprint density at radius 3 is 3.00 bits per heavy atom. The summed E-state index contributed by atoms with van der Waals surface area (Å²) >= 11 is 1.44. The van der Waals surface area contributed by atoms with E-state index in [0.29, 0.717) is 12.5 Å². The van der Waals surface area contributed by atoms with Crippen molar-refractivity contribution in [3.8, 4) is 0 Å². The normalized spacial score (nSPS) is 16.3. The van der Waals surface area contributed by atoms with E-state index in [1.54, 1.807) is 6.08 Å². The van der Waals surface area contributed by atoms with Crippen molar-refractivity contribution in [2.45, 2.75) is 36.1 Å². The molecular formula is C12H18N4OS. The van der Waals surface area contributed by atoms with Gasteiger partial charge in [0.05, 0.1) is 5.25 Å². The lowest BCUT2D eigenvalue weighted by molar-refractivity contribution is -0.120. The van der Waals surface area contributed by atoms with Crippen LogP contribution in [0.2, 0.25) is 0 Å². The molecule has 0 spiro atoms. The SMILES string of the molecule is C=CCNC(=O)[C@H](C)Sc1nnc(C2CC2)n1C. The number of hydrogen-bond acceptors (Lipinski definition) is 4. The number of nitrogens with one attached hydrogen (secondary N) is 1. The average molecular weight is 266 g/mol. The second-order valence-corrected chi connectivity index (χ2v) is 5.78. The van der Waals surface area contributed by atoms with E-state index in [1.165, 1.54) is 24.6 Å². The van der Waals surface area contributed by atoms with Gasteiger partial charge in [0.15, 0.2) is 5.16 Å². The van der Waals surface area contributed by atoms with Crippen LogP contribution in [-0.4, -0.2) is 32.5 Å². The van der Waals surface area contributed by atoms with Gasteiger partial charge in [-0.15, -0.1) is 16.8 Å². The standard InChI is InChI=1S/C12H18N4OS/c1-4-7-13-11(17)8(2)18-12-15-14-10(16(12)3)9-5-6-9/h4,8-9H,1,5-7H2,2-3H3,(H,13,17)/t8-/m0/s1. The Bertz CT molecular complexity index is 453. The maximum Gasteiger partial charge on any atom is 0.233 e. The molecule has 5 nitrogen and oxygen atoms in total. The maximum atomic E-state index is 11.7. The van der Waals surface area contributed by atoms with Crippen LogP contribution in [0.15, 0.2) is 17.8 Å². The molecule has 0 aromatic carbocycles. The summed E-state index contributed by atoms with van der Waals surface area (Å²) in [6.45, 7) is 5.94. The lowest BCUT2D eigenvalue weighted by Gasteiger charge is -2.10. The van der Waals surface area contributed by atoms with Crippen molar-refractivity contribution in [3.63, 3.8) is 0 Å². The molecule has 1 N–H and O–H groups in total. The van der Waals surface area contributed by atoms with E-state index in [9.17, 15) is 4.79 Å². The van der Waals surface area contributed by atoms with Crippen LogP contribution in [0, 0.1) is 0 Å². The van der Waals surface area contributed by atoms with E-state index in [1.807, 2.05) is 18.5 Å². The fourth-order valence-corrected chi connectivity index (χ4v) is 2.50. The Hall–Kier alpha value is -1.30. The molecule has 0 radical (unpaired) electrons. The van der Waals surface area contributed by atoms with E-state index in [4.69, 9.17) is 0 Å². The van der Waals surface area contributed by atoms with Gasteiger partial charge < -0.3 is 9.88 Å². The topological polar surface area (TPSA) is 59.8 Å². The number of carbonyl (C=O) groups is 1. The minimum Gasteiger partial charge on any atom is -0.352 e. The van der Waals surface area contributed by atoms with Crippen molar-refractivity contribution < 1.29 is 4.79 Å². The van der Waals surface area contributed by atoms with Gasteiger partial charge in [0, 0.05) is 19.5 Å². The molecule has 1 aromatic heterocycles. The second kappa shape index (κ2) is 5.56. The van der Waals surface area contributed by atoms with Gasteiger partial charge in [0.2, 0.25) is 5.91 Å². The molecule has 1 aromatic rings. The van der Waals surface area contributed by atoms with Crippen molar-refractivity contribution in [1.82, 2.24) is 20.1 Å². The summed E-state index contributed by atoms with van der Waals surface area (Å²) < 4.78 is 2.00. The third kappa shape index (κ3) is 2.93. The minimum atomic E-state index is -0.181. The Kier molecular flexibility index (Phi) is 4.06. The monoisotopic (exact) mass is 266 g/mol. The van der Waals surface area contributed by atoms with Gasteiger partial charge in [0.1, 0.15) is 5.82 Å². The molecule has 0 unspecified atom stereocenters. The molecular weight excluding hydrogens is 248 g/mol. The highest BCUT2D eigenvalue weighted by atomic mass is 32.2. The number of hydrogen-bond donors (Lipinski definition) is 1. The van der Waals surface area contributed by atoms with E-state index in [-0.39, 0.29) is 11.2 Å². The molecule has 1 fully saturated rings. The van der Waals surface area contributed by atoms with Gasteiger partial charge in [-0.25, -0.2) is 0 Å². The van der Waals surface area contributed by atoms with Crippen LogP contribution in [0.3, 0.4) is 0 Å². The van der Waals surface area contributed by atoms with Crippen LogP contribution in [-0.2, 0) is 11.8 Å². The highest BCUT2D eigenvalue weighted by Crippen LogP contribution is 2.39. The molecule has 0 aliphatic heterocycles. The molecule has 2 rings (SSSR count). The molecule has 0 bridgehead atoms. The number of thioether (sulfide) groups is 1. The zero-order chi connectivity index (χ0) is 13.1. The molecule has 1 heterocycles. The van der Waals surface area contributed by atoms with Gasteiger partial charge in [0.25, 0.3) is 0 Å². The van der Waals surface area contributed by atoms with Crippen molar-refractivity contribution in [1.29, 1.82) is 0 Å². The highest BCUT2D eigenvalue weighted by molar-refractivity contribution is 8.00. The highest BCUT2D eigenvalue weighted by Gasteiger charge is 2.30. The maximum absolute atomic E-state index is 11.7. The zero-order valence-electron chi connectivity index (χ0n) is 10.7. The van der Waals surface area contributed by atoms with E-state index in [0.717, 1.165) is 11.0 Å². The summed E-state index contributed by atoms with van der Waals surface area (Å²) in [5, 5.41) is 11.8. The predicted molar refractivity (Wildman–Crippen MR) is 71.5 cm³/mol. The third-order valence-corrected chi connectivity index (χ3v) is 4.02. The fourth-order valence-electron chi connectivity index (χ4n) is 1.65. The Labute approximate surface area is 111 Å². The Morgan fingerprint density at radius 2 is 2.39 bits per heavy atom. The Morgan fingerprint density at radius 1 is 1.67 bits per heavy atom. The number of carbonyl (C=O) groups excluding carboxylic acids is 1. The summed E-state index contributed by atoms with van der Waals surface area (Å²) in [5.74, 6) is 1.61. The number of aromatic nitrogens is 3. The Balaban J connectivity index is 1.95.